The normalized spacial score (nSPS) is 25.0. The smallest absolute Gasteiger partial charge is 0.399 e. The molecule has 0 bridgehead atoms. The number of hydrogen-bond acceptors (Lipinski definition) is 3. The van der Waals surface area contributed by atoms with Crippen LogP contribution in [-0.2, 0) is 19.7 Å². The topological polar surface area (TPSA) is 27.7 Å². The Morgan fingerprint density at radius 3 is 1.83 bits per heavy atom. The fourth-order valence-corrected chi connectivity index (χ4v) is 3.01. The van der Waals surface area contributed by atoms with E-state index in [4.69, 9.17) is 14.0 Å². The first-order chi connectivity index (χ1) is 11.1. The van der Waals surface area contributed by atoms with Gasteiger partial charge in [-0.2, -0.15) is 0 Å². The third kappa shape index (κ3) is 2.87. The van der Waals surface area contributed by atoms with Crippen LogP contribution in [0.3, 0.4) is 0 Å². The lowest BCUT2D eigenvalue weighted by Crippen LogP contribution is -2.41. The summed E-state index contributed by atoms with van der Waals surface area (Å²) in [5.74, 6) is -1.71. The predicted octanol–water partition coefficient (Wildman–Crippen LogP) is 3.24. The minimum Gasteiger partial charge on any atom is -0.399 e. The quantitative estimate of drug-likeness (QED) is 0.773. The third-order valence-electron chi connectivity index (χ3n) is 5.37. The second-order valence-corrected chi connectivity index (χ2v) is 7.52. The second-order valence-electron chi connectivity index (χ2n) is 7.52. The molecular weight excluding hydrogens is 320 g/mol. The first-order valence-electron chi connectivity index (χ1n) is 8.17. The molecule has 0 spiro atoms. The molecule has 132 valence electrons. The molecule has 0 N–H and O–H groups in total. The Bertz CT molecular complexity index is 603. The molecule has 24 heavy (non-hydrogen) atoms. The lowest BCUT2D eigenvalue weighted by atomic mass is 9.76. The van der Waals surface area contributed by atoms with Gasteiger partial charge in [-0.3, -0.25) is 0 Å². The molecule has 0 amide bonds. The first kappa shape index (κ1) is 17.8. The maximum atomic E-state index is 14.9. The molecule has 0 saturated carbocycles. The average molecular weight is 342 g/mol. The van der Waals surface area contributed by atoms with Crippen LogP contribution in [0.25, 0.3) is 0 Å². The Balaban J connectivity index is 1.95. The molecule has 2 heterocycles. The standard InChI is InChI=1S/C17H22BF3O3/c1-15(2)16(3,4)24-18(23-15)14-12(19)9-11(10-13(14)20)17(21)5-7-22-8-6-17/h9-10H,5-8H2,1-4H3. The summed E-state index contributed by atoms with van der Waals surface area (Å²) < 4.78 is 60.7. The largest absolute Gasteiger partial charge is 0.500 e. The van der Waals surface area contributed by atoms with Crippen LogP contribution in [0.1, 0.15) is 46.1 Å². The fraction of sp³-hybridized carbons (Fsp3) is 0.647. The summed E-state index contributed by atoms with van der Waals surface area (Å²) in [5.41, 5.74) is -3.50. The number of hydrogen-bond donors (Lipinski definition) is 0. The second kappa shape index (κ2) is 5.75. The van der Waals surface area contributed by atoms with Crippen molar-refractivity contribution in [2.45, 2.75) is 57.4 Å². The highest BCUT2D eigenvalue weighted by Gasteiger charge is 2.53. The molecule has 0 aromatic heterocycles. The van der Waals surface area contributed by atoms with Crippen molar-refractivity contribution >= 4 is 12.6 Å². The Labute approximate surface area is 140 Å². The summed E-state index contributed by atoms with van der Waals surface area (Å²) in [7, 11) is -1.16. The van der Waals surface area contributed by atoms with Crippen LogP contribution in [-0.4, -0.2) is 31.5 Å². The highest BCUT2D eigenvalue weighted by Crippen LogP contribution is 2.39. The minimum atomic E-state index is -1.77. The first-order valence-corrected chi connectivity index (χ1v) is 8.17. The molecule has 1 aromatic carbocycles. The molecule has 7 heteroatoms. The molecule has 2 aliphatic heterocycles. The van der Waals surface area contributed by atoms with Crippen LogP contribution < -0.4 is 5.46 Å². The van der Waals surface area contributed by atoms with Crippen LogP contribution in [0.4, 0.5) is 13.2 Å². The van der Waals surface area contributed by atoms with Gasteiger partial charge in [-0.15, -0.1) is 0 Å². The zero-order chi connectivity index (χ0) is 17.8. The Morgan fingerprint density at radius 1 is 0.917 bits per heavy atom. The van der Waals surface area contributed by atoms with Gasteiger partial charge in [0.2, 0.25) is 0 Å². The zero-order valence-electron chi connectivity index (χ0n) is 14.4. The lowest BCUT2D eigenvalue weighted by molar-refractivity contribution is -0.0117. The van der Waals surface area contributed by atoms with E-state index in [2.05, 4.69) is 0 Å². The molecule has 3 nitrogen and oxygen atoms in total. The number of halogens is 3. The van der Waals surface area contributed by atoms with Gasteiger partial charge in [0, 0.05) is 26.1 Å². The Morgan fingerprint density at radius 2 is 1.38 bits per heavy atom. The predicted molar refractivity (Wildman–Crippen MR) is 84.9 cm³/mol. The van der Waals surface area contributed by atoms with Crippen LogP contribution >= 0.6 is 0 Å². The van der Waals surface area contributed by atoms with Gasteiger partial charge >= 0.3 is 7.12 Å². The van der Waals surface area contributed by atoms with E-state index in [-0.39, 0.29) is 37.1 Å². The Kier molecular flexibility index (Phi) is 4.26. The van der Waals surface area contributed by atoms with Gasteiger partial charge in [-0.1, -0.05) is 0 Å². The van der Waals surface area contributed by atoms with Crippen LogP contribution in [0.2, 0.25) is 0 Å². The monoisotopic (exact) mass is 342 g/mol. The Hall–Kier alpha value is -1.05. The van der Waals surface area contributed by atoms with Crippen LogP contribution in [0, 0.1) is 11.6 Å². The van der Waals surface area contributed by atoms with Crippen molar-refractivity contribution in [2.75, 3.05) is 13.2 Å². The lowest BCUT2D eigenvalue weighted by Gasteiger charge is -2.32. The molecule has 2 fully saturated rings. The van der Waals surface area contributed by atoms with Crippen LogP contribution in [0.5, 0.6) is 0 Å². The van der Waals surface area contributed by atoms with E-state index in [0.717, 1.165) is 12.1 Å². The van der Waals surface area contributed by atoms with E-state index >= 15 is 0 Å². The van der Waals surface area contributed by atoms with Crippen molar-refractivity contribution in [1.29, 1.82) is 0 Å². The van der Waals surface area contributed by atoms with Gasteiger partial charge in [0.05, 0.1) is 16.7 Å². The summed E-state index contributed by atoms with van der Waals surface area (Å²) in [6, 6.07) is 2.10. The summed E-state index contributed by atoms with van der Waals surface area (Å²) in [4.78, 5) is 0. The molecule has 0 atom stereocenters. The number of benzene rings is 1. The highest BCUT2D eigenvalue weighted by molar-refractivity contribution is 6.62. The molecule has 0 unspecified atom stereocenters. The van der Waals surface area contributed by atoms with Gasteiger partial charge in [-0.05, 0) is 45.4 Å². The third-order valence-corrected chi connectivity index (χ3v) is 5.37. The molecule has 1 aromatic rings. The number of alkyl halides is 1. The molecule has 0 aliphatic carbocycles. The zero-order valence-corrected chi connectivity index (χ0v) is 14.4. The molecule has 0 radical (unpaired) electrons. The fourth-order valence-electron chi connectivity index (χ4n) is 3.01. The van der Waals surface area contributed by atoms with E-state index < -0.39 is 35.6 Å². The minimum absolute atomic E-state index is 0.000988. The van der Waals surface area contributed by atoms with E-state index in [1.807, 2.05) is 0 Å². The molecular formula is C17H22BF3O3. The van der Waals surface area contributed by atoms with Crippen molar-refractivity contribution in [1.82, 2.24) is 0 Å². The van der Waals surface area contributed by atoms with Gasteiger partial charge in [0.25, 0.3) is 0 Å². The molecule has 3 rings (SSSR count). The van der Waals surface area contributed by atoms with Crippen molar-refractivity contribution in [3.63, 3.8) is 0 Å². The van der Waals surface area contributed by atoms with Crippen molar-refractivity contribution in [3.05, 3.63) is 29.3 Å². The highest BCUT2D eigenvalue weighted by atomic mass is 19.1. The van der Waals surface area contributed by atoms with Gasteiger partial charge in [0.1, 0.15) is 17.3 Å². The van der Waals surface area contributed by atoms with Gasteiger partial charge in [-0.25, -0.2) is 13.2 Å². The van der Waals surface area contributed by atoms with E-state index in [1.165, 1.54) is 0 Å². The summed E-state index contributed by atoms with van der Waals surface area (Å²) >= 11 is 0. The van der Waals surface area contributed by atoms with E-state index in [1.54, 1.807) is 27.7 Å². The number of ether oxygens (including phenoxy) is 1. The van der Waals surface area contributed by atoms with E-state index in [0.29, 0.717) is 0 Å². The summed E-state index contributed by atoms with van der Waals surface area (Å²) in [6.45, 7) is 7.68. The summed E-state index contributed by atoms with van der Waals surface area (Å²) in [5, 5.41) is 0. The van der Waals surface area contributed by atoms with Gasteiger partial charge < -0.3 is 14.0 Å². The van der Waals surface area contributed by atoms with Crippen molar-refractivity contribution in [2.24, 2.45) is 0 Å². The molecule has 2 saturated heterocycles. The summed E-state index contributed by atoms with van der Waals surface area (Å²) in [6.07, 6.45) is 0.170. The molecule has 2 aliphatic rings. The van der Waals surface area contributed by atoms with Crippen LogP contribution in [0.15, 0.2) is 12.1 Å². The SMILES string of the molecule is CC1(C)OB(c2c(F)cc(C3(F)CCOCC3)cc2F)OC1(C)C. The number of rotatable bonds is 2. The van der Waals surface area contributed by atoms with Crippen molar-refractivity contribution in [3.8, 4) is 0 Å². The van der Waals surface area contributed by atoms with Crippen molar-refractivity contribution < 1.29 is 27.2 Å². The van der Waals surface area contributed by atoms with E-state index in [9.17, 15) is 13.2 Å². The maximum absolute atomic E-state index is 14.9. The van der Waals surface area contributed by atoms with Gasteiger partial charge in [0.15, 0.2) is 0 Å². The maximum Gasteiger partial charge on any atom is 0.500 e. The average Bonchev–Trinajstić information content (AvgIpc) is 2.67.